The summed E-state index contributed by atoms with van der Waals surface area (Å²) >= 11 is 3.44. The number of fused-ring (bicyclic) bond motifs is 1. The highest BCUT2D eigenvalue weighted by Gasteiger charge is 2.09. The lowest BCUT2D eigenvalue weighted by atomic mass is 10.2. The van der Waals surface area contributed by atoms with Gasteiger partial charge in [0.25, 0.3) is 5.52 Å². The molecule has 0 saturated heterocycles. The summed E-state index contributed by atoms with van der Waals surface area (Å²) in [7, 11) is 0. The molecule has 2 nitrogen and oxygen atoms in total. The maximum absolute atomic E-state index is 5.95. The lowest BCUT2D eigenvalue weighted by molar-refractivity contribution is -0.355. The van der Waals surface area contributed by atoms with Crippen molar-refractivity contribution in [1.29, 1.82) is 0 Å². The largest absolute Gasteiger partial charge is 0.482 e. The molecule has 1 heterocycles. The summed E-state index contributed by atoms with van der Waals surface area (Å²) in [6, 6.07) is 18.4. The minimum Gasteiger partial charge on any atom is -0.482 e. The predicted octanol–water partition coefficient (Wildman–Crippen LogP) is 4.30. The Morgan fingerprint density at radius 2 is 1.80 bits per heavy atom. The first-order valence-electron chi connectivity index (χ1n) is 6.51. The van der Waals surface area contributed by atoms with E-state index in [0.717, 1.165) is 32.4 Å². The smallest absolute Gasteiger partial charge is 0.253 e. The number of hydrogen-bond donors (Lipinski definition) is 0. The fourth-order valence-corrected chi connectivity index (χ4v) is 2.40. The quantitative estimate of drug-likeness (QED) is 0.702. The van der Waals surface area contributed by atoms with Crippen LogP contribution in [0.4, 0.5) is 0 Å². The SMILES string of the molecule is Cc1ccc2cccc(OCc3ccc(Br)cc3)c2[nH+]1. The third-order valence-corrected chi connectivity index (χ3v) is 3.73. The Morgan fingerprint density at radius 3 is 2.60 bits per heavy atom. The molecule has 0 amide bonds. The molecule has 0 aliphatic heterocycles. The fourth-order valence-electron chi connectivity index (χ4n) is 2.14. The average molecular weight is 329 g/mol. The van der Waals surface area contributed by atoms with Crippen LogP contribution >= 0.6 is 15.9 Å². The number of hydrogen-bond acceptors (Lipinski definition) is 1. The molecule has 0 aliphatic rings. The van der Waals surface area contributed by atoms with Crippen LogP contribution in [0.25, 0.3) is 10.9 Å². The fraction of sp³-hybridized carbons (Fsp3) is 0.118. The number of halogens is 1. The van der Waals surface area contributed by atoms with Gasteiger partial charge in [-0.1, -0.05) is 34.1 Å². The van der Waals surface area contributed by atoms with E-state index in [1.165, 1.54) is 0 Å². The lowest BCUT2D eigenvalue weighted by Crippen LogP contribution is -2.09. The Labute approximate surface area is 126 Å². The first-order chi connectivity index (χ1) is 9.72. The summed E-state index contributed by atoms with van der Waals surface area (Å²) in [6.45, 7) is 2.61. The van der Waals surface area contributed by atoms with Gasteiger partial charge >= 0.3 is 0 Å². The van der Waals surface area contributed by atoms with Crippen molar-refractivity contribution in [2.45, 2.75) is 13.5 Å². The van der Waals surface area contributed by atoms with Gasteiger partial charge in [0.15, 0.2) is 11.4 Å². The second-order valence-corrected chi connectivity index (χ2v) is 5.69. The van der Waals surface area contributed by atoms with Crippen molar-refractivity contribution < 1.29 is 9.72 Å². The van der Waals surface area contributed by atoms with Gasteiger partial charge in [0.05, 0.1) is 5.39 Å². The molecule has 3 rings (SSSR count). The molecule has 0 bridgehead atoms. The molecular formula is C17H15BrNO+. The van der Waals surface area contributed by atoms with Crippen LogP contribution in [0.5, 0.6) is 5.75 Å². The Morgan fingerprint density at radius 1 is 1.00 bits per heavy atom. The third-order valence-electron chi connectivity index (χ3n) is 3.20. The molecule has 0 unspecified atom stereocenters. The van der Waals surface area contributed by atoms with Crippen molar-refractivity contribution >= 4 is 26.8 Å². The second-order valence-electron chi connectivity index (χ2n) is 4.78. The molecule has 20 heavy (non-hydrogen) atoms. The highest BCUT2D eigenvalue weighted by atomic mass is 79.9. The Bertz CT molecular complexity index is 738. The zero-order valence-electron chi connectivity index (χ0n) is 11.2. The Hall–Kier alpha value is -1.87. The number of aromatic nitrogens is 1. The standard InChI is InChI=1S/C17H14BrNO/c1-12-5-8-14-3-2-4-16(17(14)19-12)20-11-13-6-9-15(18)10-7-13/h2-10H,11H2,1H3/p+1. The number of rotatable bonds is 3. The van der Waals surface area contributed by atoms with Crippen LogP contribution in [-0.4, -0.2) is 0 Å². The third kappa shape index (κ3) is 2.83. The first kappa shape index (κ1) is 13.1. The molecule has 0 spiro atoms. The Kier molecular flexibility index (Phi) is 3.70. The number of H-pyrrole nitrogens is 1. The van der Waals surface area contributed by atoms with Crippen molar-refractivity contribution in [3.8, 4) is 5.75 Å². The molecule has 100 valence electrons. The van der Waals surface area contributed by atoms with Gasteiger partial charge in [-0.25, -0.2) is 4.98 Å². The van der Waals surface area contributed by atoms with Crippen molar-refractivity contribution in [2.24, 2.45) is 0 Å². The molecular weight excluding hydrogens is 314 g/mol. The van der Waals surface area contributed by atoms with E-state index >= 15 is 0 Å². The van der Waals surface area contributed by atoms with E-state index in [1.807, 2.05) is 31.2 Å². The van der Waals surface area contributed by atoms with E-state index in [2.05, 4.69) is 51.2 Å². The minimum absolute atomic E-state index is 0.564. The first-order valence-corrected chi connectivity index (χ1v) is 7.30. The van der Waals surface area contributed by atoms with Gasteiger partial charge in [-0.3, -0.25) is 0 Å². The number of pyridine rings is 1. The molecule has 0 aliphatic carbocycles. The van der Waals surface area contributed by atoms with Gasteiger partial charge in [-0.15, -0.1) is 0 Å². The number of ether oxygens (including phenoxy) is 1. The van der Waals surface area contributed by atoms with Crippen LogP contribution in [0.3, 0.4) is 0 Å². The summed E-state index contributed by atoms with van der Waals surface area (Å²) in [5.41, 5.74) is 3.32. The summed E-state index contributed by atoms with van der Waals surface area (Å²) < 4.78 is 7.03. The van der Waals surface area contributed by atoms with E-state index in [1.54, 1.807) is 0 Å². The van der Waals surface area contributed by atoms with Crippen LogP contribution in [0, 0.1) is 6.92 Å². The topological polar surface area (TPSA) is 23.4 Å². The average Bonchev–Trinajstić information content (AvgIpc) is 2.47. The van der Waals surface area contributed by atoms with E-state index < -0.39 is 0 Å². The molecule has 2 aromatic carbocycles. The molecule has 1 N–H and O–H groups in total. The van der Waals surface area contributed by atoms with Gasteiger partial charge in [0.1, 0.15) is 6.61 Å². The maximum Gasteiger partial charge on any atom is 0.253 e. The van der Waals surface area contributed by atoms with Crippen LogP contribution < -0.4 is 9.72 Å². The predicted molar refractivity (Wildman–Crippen MR) is 83.7 cm³/mol. The van der Waals surface area contributed by atoms with Gasteiger partial charge in [-0.2, -0.15) is 0 Å². The zero-order valence-corrected chi connectivity index (χ0v) is 12.8. The molecule has 3 aromatic rings. The molecule has 1 aromatic heterocycles. The van der Waals surface area contributed by atoms with Crippen LogP contribution in [0.1, 0.15) is 11.3 Å². The van der Waals surface area contributed by atoms with Crippen LogP contribution in [0.15, 0.2) is 59.1 Å². The summed E-state index contributed by atoms with van der Waals surface area (Å²) in [5.74, 6) is 0.883. The number of aromatic amines is 1. The molecule has 0 atom stereocenters. The summed E-state index contributed by atoms with van der Waals surface area (Å²) in [5, 5.41) is 1.16. The Balaban J connectivity index is 1.87. The number of aryl methyl sites for hydroxylation is 1. The number of benzene rings is 2. The molecule has 0 saturated carbocycles. The molecule has 3 heteroatoms. The van der Waals surface area contributed by atoms with Crippen molar-refractivity contribution in [3.63, 3.8) is 0 Å². The summed E-state index contributed by atoms with van der Waals surface area (Å²) in [6.07, 6.45) is 0. The van der Waals surface area contributed by atoms with Gasteiger partial charge < -0.3 is 4.74 Å². The minimum atomic E-state index is 0.564. The van der Waals surface area contributed by atoms with Gasteiger partial charge in [-0.05, 0) is 35.9 Å². The summed E-state index contributed by atoms with van der Waals surface area (Å²) in [4.78, 5) is 3.37. The van der Waals surface area contributed by atoms with E-state index in [9.17, 15) is 0 Å². The normalized spacial score (nSPS) is 10.7. The van der Waals surface area contributed by atoms with Crippen molar-refractivity contribution in [3.05, 3.63) is 70.3 Å². The van der Waals surface area contributed by atoms with Crippen LogP contribution in [0.2, 0.25) is 0 Å². The van der Waals surface area contributed by atoms with Crippen LogP contribution in [-0.2, 0) is 6.61 Å². The van der Waals surface area contributed by atoms with E-state index in [-0.39, 0.29) is 0 Å². The van der Waals surface area contributed by atoms with Crippen molar-refractivity contribution in [1.82, 2.24) is 0 Å². The maximum atomic E-state index is 5.95. The molecule has 0 fully saturated rings. The zero-order chi connectivity index (χ0) is 13.9. The number of nitrogens with one attached hydrogen (secondary N) is 1. The number of para-hydroxylation sites is 1. The molecule has 0 radical (unpaired) electrons. The van der Waals surface area contributed by atoms with E-state index in [0.29, 0.717) is 6.61 Å². The highest BCUT2D eigenvalue weighted by molar-refractivity contribution is 9.10. The second kappa shape index (κ2) is 5.63. The highest BCUT2D eigenvalue weighted by Crippen LogP contribution is 2.22. The van der Waals surface area contributed by atoms with Gasteiger partial charge in [0.2, 0.25) is 0 Å². The van der Waals surface area contributed by atoms with Crippen molar-refractivity contribution in [2.75, 3.05) is 0 Å². The van der Waals surface area contributed by atoms with E-state index in [4.69, 9.17) is 4.74 Å². The van der Waals surface area contributed by atoms with Gasteiger partial charge in [0, 0.05) is 17.5 Å². The lowest BCUT2D eigenvalue weighted by Gasteiger charge is -2.06. The monoisotopic (exact) mass is 328 g/mol.